The summed E-state index contributed by atoms with van der Waals surface area (Å²) in [5, 5.41) is 3.76. The van der Waals surface area contributed by atoms with Crippen LogP contribution in [0.4, 0.5) is 15.2 Å². The van der Waals surface area contributed by atoms with E-state index in [0.717, 1.165) is 5.56 Å². The van der Waals surface area contributed by atoms with Gasteiger partial charge in [0.25, 0.3) is 0 Å². The first-order valence-corrected chi connectivity index (χ1v) is 9.39. The lowest BCUT2D eigenvalue weighted by Gasteiger charge is -2.29. The summed E-state index contributed by atoms with van der Waals surface area (Å²) in [5.41, 5.74) is 2.04. The minimum atomic E-state index is -0.364. The maximum Gasteiger partial charge on any atom is 0.350 e. The first-order valence-electron chi connectivity index (χ1n) is 8.58. The Morgan fingerprint density at radius 3 is 2.88 bits per heavy atom. The molecule has 0 radical (unpaired) electrons. The van der Waals surface area contributed by atoms with Crippen LogP contribution in [0.3, 0.4) is 0 Å². The molecule has 3 rings (SSSR count). The van der Waals surface area contributed by atoms with Gasteiger partial charge in [0.1, 0.15) is 10.7 Å². The van der Waals surface area contributed by atoms with Crippen molar-refractivity contribution in [1.29, 1.82) is 0 Å². The third kappa shape index (κ3) is 4.31. The quantitative estimate of drug-likeness (QED) is 0.778. The Morgan fingerprint density at radius 2 is 2.19 bits per heavy atom. The monoisotopic (exact) mass is 379 g/mol. The molecule has 26 heavy (non-hydrogen) atoms. The van der Waals surface area contributed by atoms with Crippen molar-refractivity contribution >= 4 is 28.1 Å². The number of benzene rings is 1. The van der Waals surface area contributed by atoms with E-state index in [1.807, 2.05) is 11.0 Å². The zero-order chi connectivity index (χ0) is 18.5. The number of esters is 1. The number of hydrogen-bond donors (Lipinski definition) is 1. The van der Waals surface area contributed by atoms with Crippen molar-refractivity contribution < 1.29 is 18.7 Å². The molecule has 2 aromatic rings. The molecular weight excluding hydrogens is 357 g/mol. The topological polar surface area (TPSA) is 63.7 Å². The summed E-state index contributed by atoms with van der Waals surface area (Å²) in [6, 6.07) is 5.23. The molecule has 1 aromatic heterocycles. The zero-order valence-corrected chi connectivity index (χ0v) is 15.7. The number of carbonyl (C=O) groups is 1. The fourth-order valence-corrected chi connectivity index (χ4v) is 3.61. The van der Waals surface area contributed by atoms with Crippen LogP contribution in [0.2, 0.25) is 0 Å². The number of nitrogens with one attached hydrogen (secondary N) is 1. The fraction of sp³-hybridized carbons (Fsp3) is 0.444. The van der Waals surface area contributed by atoms with E-state index in [9.17, 15) is 9.18 Å². The summed E-state index contributed by atoms with van der Waals surface area (Å²) in [4.78, 5) is 18.7. The molecule has 1 saturated heterocycles. The Balaban J connectivity index is 1.64. The van der Waals surface area contributed by atoms with Gasteiger partial charge in [0, 0.05) is 19.6 Å². The van der Waals surface area contributed by atoms with Gasteiger partial charge in [0.2, 0.25) is 0 Å². The van der Waals surface area contributed by atoms with Crippen molar-refractivity contribution in [2.24, 2.45) is 0 Å². The number of hydrogen-bond acceptors (Lipinski definition) is 7. The largest absolute Gasteiger partial charge is 0.462 e. The highest BCUT2D eigenvalue weighted by atomic mass is 32.1. The molecule has 2 heterocycles. The van der Waals surface area contributed by atoms with Crippen molar-refractivity contribution in [1.82, 2.24) is 4.98 Å². The van der Waals surface area contributed by atoms with Gasteiger partial charge in [-0.3, -0.25) is 0 Å². The third-order valence-corrected chi connectivity index (χ3v) is 5.16. The molecule has 0 aliphatic carbocycles. The van der Waals surface area contributed by atoms with Crippen molar-refractivity contribution in [2.45, 2.75) is 20.4 Å². The van der Waals surface area contributed by atoms with Gasteiger partial charge in [0.05, 0.1) is 31.2 Å². The number of aromatic nitrogens is 1. The van der Waals surface area contributed by atoms with Gasteiger partial charge >= 0.3 is 5.97 Å². The van der Waals surface area contributed by atoms with Crippen LogP contribution < -0.4 is 10.2 Å². The van der Waals surface area contributed by atoms with Crippen molar-refractivity contribution in [3.05, 3.63) is 40.2 Å². The van der Waals surface area contributed by atoms with Crippen LogP contribution in [0.15, 0.2) is 18.2 Å². The number of halogens is 1. The normalized spacial score (nSPS) is 14.3. The number of carbonyl (C=O) groups excluding carboxylic acids is 1. The second-order valence-corrected chi connectivity index (χ2v) is 6.89. The van der Waals surface area contributed by atoms with E-state index < -0.39 is 0 Å². The van der Waals surface area contributed by atoms with Crippen LogP contribution in [0.1, 0.15) is 27.9 Å². The Morgan fingerprint density at radius 1 is 1.42 bits per heavy atom. The average Bonchev–Trinajstić information content (AvgIpc) is 3.02. The van der Waals surface area contributed by atoms with Crippen molar-refractivity contribution in [3.63, 3.8) is 0 Å². The summed E-state index contributed by atoms with van der Waals surface area (Å²) in [7, 11) is 0. The second kappa shape index (κ2) is 8.46. The number of ether oxygens (including phenoxy) is 2. The lowest BCUT2D eigenvalue weighted by atomic mass is 10.1. The SMILES string of the molecule is CCOC(=O)c1sc(NCc2ccc(N3CCOCC3)c(F)c2)nc1C. The van der Waals surface area contributed by atoms with Crippen LogP contribution in [-0.2, 0) is 16.0 Å². The van der Waals surface area contributed by atoms with Crippen LogP contribution in [-0.4, -0.2) is 43.9 Å². The molecule has 8 heteroatoms. The highest BCUT2D eigenvalue weighted by Crippen LogP contribution is 2.25. The average molecular weight is 379 g/mol. The molecule has 0 saturated carbocycles. The Labute approximate surface area is 155 Å². The standard InChI is InChI=1S/C18H22FN3O3S/c1-3-25-17(23)16-12(2)21-18(26-16)20-11-13-4-5-15(14(19)10-13)22-6-8-24-9-7-22/h4-5,10H,3,6-9,11H2,1-2H3,(H,20,21). The summed E-state index contributed by atoms with van der Waals surface area (Å²) in [6.07, 6.45) is 0. The molecule has 0 bridgehead atoms. The van der Waals surface area contributed by atoms with Gasteiger partial charge in [0.15, 0.2) is 5.13 Å². The minimum absolute atomic E-state index is 0.242. The van der Waals surface area contributed by atoms with E-state index in [1.54, 1.807) is 19.9 Å². The first kappa shape index (κ1) is 18.6. The van der Waals surface area contributed by atoms with Crippen LogP contribution >= 0.6 is 11.3 Å². The Kier molecular flexibility index (Phi) is 6.05. The van der Waals surface area contributed by atoms with E-state index in [-0.39, 0.29) is 11.8 Å². The summed E-state index contributed by atoms with van der Waals surface area (Å²) >= 11 is 1.24. The van der Waals surface area contributed by atoms with Gasteiger partial charge in [-0.25, -0.2) is 14.2 Å². The smallest absolute Gasteiger partial charge is 0.350 e. The number of thiazole rings is 1. The number of nitrogens with zero attached hydrogens (tertiary/aromatic N) is 2. The fourth-order valence-electron chi connectivity index (χ4n) is 2.76. The van der Waals surface area contributed by atoms with Gasteiger partial charge in [-0.15, -0.1) is 0 Å². The summed E-state index contributed by atoms with van der Waals surface area (Å²) in [5.74, 6) is -0.606. The molecule has 0 spiro atoms. The van der Waals surface area contributed by atoms with E-state index in [4.69, 9.17) is 9.47 Å². The lowest BCUT2D eigenvalue weighted by molar-refractivity contribution is 0.0531. The molecule has 1 fully saturated rings. The van der Waals surface area contributed by atoms with Crippen LogP contribution in [0.5, 0.6) is 0 Å². The van der Waals surface area contributed by atoms with Gasteiger partial charge < -0.3 is 19.7 Å². The summed E-state index contributed by atoms with van der Waals surface area (Å²) < 4.78 is 24.7. The predicted octanol–water partition coefficient (Wildman–Crippen LogP) is 3.22. The number of aryl methyl sites for hydroxylation is 1. The van der Waals surface area contributed by atoms with Crippen LogP contribution in [0.25, 0.3) is 0 Å². The molecule has 0 atom stereocenters. The molecule has 6 nitrogen and oxygen atoms in total. The van der Waals surface area contributed by atoms with E-state index in [0.29, 0.717) is 60.8 Å². The van der Waals surface area contributed by atoms with Crippen molar-refractivity contribution in [3.8, 4) is 0 Å². The summed E-state index contributed by atoms with van der Waals surface area (Å²) in [6.45, 7) is 6.92. The highest BCUT2D eigenvalue weighted by molar-refractivity contribution is 7.17. The Bertz CT molecular complexity index is 775. The lowest BCUT2D eigenvalue weighted by Crippen LogP contribution is -2.36. The molecule has 1 N–H and O–H groups in total. The molecule has 1 aromatic carbocycles. The number of morpholine rings is 1. The molecule has 140 valence electrons. The van der Waals surface area contributed by atoms with E-state index in [1.165, 1.54) is 17.4 Å². The molecular formula is C18H22FN3O3S. The van der Waals surface area contributed by atoms with Gasteiger partial charge in [-0.1, -0.05) is 17.4 Å². The molecule has 1 aliphatic rings. The predicted molar refractivity (Wildman–Crippen MR) is 99.6 cm³/mol. The second-order valence-electron chi connectivity index (χ2n) is 5.89. The zero-order valence-electron chi connectivity index (χ0n) is 14.9. The highest BCUT2D eigenvalue weighted by Gasteiger charge is 2.17. The van der Waals surface area contributed by atoms with E-state index >= 15 is 0 Å². The first-order chi connectivity index (χ1) is 12.6. The maximum absolute atomic E-state index is 14.4. The molecule has 0 amide bonds. The number of anilines is 2. The molecule has 0 unspecified atom stereocenters. The maximum atomic E-state index is 14.4. The minimum Gasteiger partial charge on any atom is -0.462 e. The Hall–Kier alpha value is -2.19. The van der Waals surface area contributed by atoms with Crippen molar-refractivity contribution in [2.75, 3.05) is 43.1 Å². The van der Waals surface area contributed by atoms with E-state index in [2.05, 4.69) is 10.3 Å². The molecule has 1 aliphatic heterocycles. The van der Waals surface area contributed by atoms with Gasteiger partial charge in [-0.05, 0) is 31.5 Å². The number of rotatable bonds is 6. The van der Waals surface area contributed by atoms with Gasteiger partial charge in [-0.2, -0.15) is 0 Å². The third-order valence-electron chi connectivity index (χ3n) is 4.07. The van der Waals surface area contributed by atoms with Crippen LogP contribution in [0, 0.1) is 12.7 Å².